The number of para-hydroxylation sites is 2. The number of nitrogens with one attached hydrogen (secondary N) is 1. The van der Waals surface area contributed by atoms with Crippen LogP contribution in [0.5, 0.6) is 5.75 Å². The van der Waals surface area contributed by atoms with Crippen LogP contribution < -0.4 is 10.1 Å². The average molecular weight is 352 g/mol. The summed E-state index contributed by atoms with van der Waals surface area (Å²) in [5.74, 6) is 1.07. The van der Waals surface area contributed by atoms with Gasteiger partial charge in [-0.05, 0) is 35.7 Å². The lowest BCUT2D eigenvalue weighted by Gasteiger charge is -2.15. The smallest absolute Gasteiger partial charge is 0.142 e. The minimum atomic E-state index is -0.244. The molecule has 2 rings (SSSR count). The molecule has 1 N–H and O–H groups in total. The first-order valence-corrected chi connectivity index (χ1v) is 7.75. The molecule has 0 heterocycles. The third-order valence-corrected chi connectivity index (χ3v) is 3.68. The van der Waals surface area contributed by atoms with E-state index in [0.717, 1.165) is 21.5 Å². The molecular weight excluding hydrogens is 333 g/mol. The van der Waals surface area contributed by atoms with Crippen molar-refractivity contribution in [2.75, 3.05) is 11.9 Å². The van der Waals surface area contributed by atoms with Crippen LogP contribution in [0, 0.1) is 11.7 Å². The Morgan fingerprint density at radius 1 is 1.19 bits per heavy atom. The van der Waals surface area contributed by atoms with Gasteiger partial charge in [0, 0.05) is 11.0 Å². The number of ether oxygens (including phenoxy) is 1. The van der Waals surface area contributed by atoms with Gasteiger partial charge < -0.3 is 10.1 Å². The lowest BCUT2D eigenvalue weighted by molar-refractivity contribution is 0.272. The maximum atomic E-state index is 13.1. The summed E-state index contributed by atoms with van der Waals surface area (Å²) in [5, 5.41) is 3.34. The van der Waals surface area contributed by atoms with E-state index < -0.39 is 0 Å². The van der Waals surface area contributed by atoms with E-state index in [0.29, 0.717) is 19.1 Å². The van der Waals surface area contributed by atoms with E-state index in [2.05, 4.69) is 35.1 Å². The topological polar surface area (TPSA) is 21.3 Å². The van der Waals surface area contributed by atoms with Crippen molar-refractivity contribution in [1.29, 1.82) is 0 Å². The summed E-state index contributed by atoms with van der Waals surface area (Å²) < 4.78 is 19.6. The molecule has 0 atom stereocenters. The Labute approximate surface area is 133 Å². The normalized spacial score (nSPS) is 10.7. The second-order valence-corrected chi connectivity index (χ2v) is 6.14. The molecule has 0 fully saturated rings. The second kappa shape index (κ2) is 7.46. The molecular formula is C17H19BrFNO. The SMILES string of the molecule is CC(C)COc1ccccc1NCc1ccc(F)cc1Br. The highest BCUT2D eigenvalue weighted by Crippen LogP contribution is 2.26. The van der Waals surface area contributed by atoms with Gasteiger partial charge in [-0.2, -0.15) is 0 Å². The van der Waals surface area contributed by atoms with Gasteiger partial charge in [0.2, 0.25) is 0 Å². The van der Waals surface area contributed by atoms with Crippen LogP contribution in [0.25, 0.3) is 0 Å². The fourth-order valence-electron chi connectivity index (χ4n) is 1.85. The largest absolute Gasteiger partial charge is 0.491 e. The van der Waals surface area contributed by atoms with Crippen molar-refractivity contribution < 1.29 is 9.13 Å². The van der Waals surface area contributed by atoms with Gasteiger partial charge in [0.15, 0.2) is 0 Å². The van der Waals surface area contributed by atoms with Crippen LogP contribution >= 0.6 is 15.9 Å². The zero-order valence-corrected chi connectivity index (χ0v) is 13.8. The molecule has 0 saturated heterocycles. The van der Waals surface area contributed by atoms with Gasteiger partial charge in [-0.25, -0.2) is 4.39 Å². The summed E-state index contributed by atoms with van der Waals surface area (Å²) in [5.41, 5.74) is 1.93. The number of anilines is 1. The van der Waals surface area contributed by atoms with Crippen LogP contribution in [0.2, 0.25) is 0 Å². The molecule has 0 unspecified atom stereocenters. The molecule has 112 valence electrons. The predicted molar refractivity (Wildman–Crippen MR) is 88.2 cm³/mol. The van der Waals surface area contributed by atoms with Crippen molar-refractivity contribution in [3.8, 4) is 5.75 Å². The van der Waals surface area contributed by atoms with Crippen LogP contribution in [-0.2, 0) is 6.54 Å². The first kappa shape index (κ1) is 15.8. The first-order chi connectivity index (χ1) is 10.1. The minimum absolute atomic E-state index is 0.244. The van der Waals surface area contributed by atoms with Gasteiger partial charge in [0.1, 0.15) is 11.6 Å². The first-order valence-electron chi connectivity index (χ1n) is 6.96. The Morgan fingerprint density at radius 2 is 1.95 bits per heavy atom. The second-order valence-electron chi connectivity index (χ2n) is 5.29. The van der Waals surface area contributed by atoms with Crippen LogP contribution in [-0.4, -0.2) is 6.61 Å². The van der Waals surface area contributed by atoms with E-state index >= 15 is 0 Å². The van der Waals surface area contributed by atoms with Gasteiger partial charge in [-0.1, -0.05) is 48.0 Å². The molecule has 2 aromatic carbocycles. The van der Waals surface area contributed by atoms with E-state index in [-0.39, 0.29) is 5.82 Å². The maximum Gasteiger partial charge on any atom is 0.142 e. The zero-order valence-electron chi connectivity index (χ0n) is 12.2. The van der Waals surface area contributed by atoms with E-state index in [1.165, 1.54) is 12.1 Å². The highest BCUT2D eigenvalue weighted by Gasteiger charge is 2.06. The van der Waals surface area contributed by atoms with E-state index in [1.807, 2.05) is 24.3 Å². The molecule has 0 saturated carbocycles. The quantitative estimate of drug-likeness (QED) is 0.768. The molecule has 0 amide bonds. The van der Waals surface area contributed by atoms with Crippen LogP contribution in [0.15, 0.2) is 46.9 Å². The van der Waals surface area contributed by atoms with Crippen LogP contribution in [0.1, 0.15) is 19.4 Å². The van der Waals surface area contributed by atoms with E-state index in [1.54, 1.807) is 6.07 Å². The van der Waals surface area contributed by atoms with Crippen molar-refractivity contribution in [2.24, 2.45) is 5.92 Å². The molecule has 4 heteroatoms. The fourth-order valence-corrected chi connectivity index (χ4v) is 2.34. The molecule has 2 aromatic rings. The molecule has 0 aliphatic heterocycles. The molecule has 0 spiro atoms. The Kier molecular flexibility index (Phi) is 5.62. The van der Waals surface area contributed by atoms with Crippen LogP contribution in [0.4, 0.5) is 10.1 Å². The van der Waals surface area contributed by atoms with Crippen molar-refractivity contribution in [1.82, 2.24) is 0 Å². The van der Waals surface area contributed by atoms with Crippen molar-refractivity contribution in [3.63, 3.8) is 0 Å². The molecule has 21 heavy (non-hydrogen) atoms. The molecule has 0 aliphatic carbocycles. The lowest BCUT2D eigenvalue weighted by Crippen LogP contribution is -2.07. The lowest BCUT2D eigenvalue weighted by atomic mass is 10.2. The van der Waals surface area contributed by atoms with Gasteiger partial charge in [0.05, 0.1) is 12.3 Å². The highest BCUT2D eigenvalue weighted by molar-refractivity contribution is 9.10. The van der Waals surface area contributed by atoms with Crippen molar-refractivity contribution in [3.05, 3.63) is 58.3 Å². The summed E-state index contributed by atoms with van der Waals surface area (Å²) in [4.78, 5) is 0. The summed E-state index contributed by atoms with van der Waals surface area (Å²) in [7, 11) is 0. The van der Waals surface area contributed by atoms with E-state index in [4.69, 9.17) is 4.74 Å². The Hall–Kier alpha value is -1.55. The van der Waals surface area contributed by atoms with Gasteiger partial charge in [-0.15, -0.1) is 0 Å². The van der Waals surface area contributed by atoms with Gasteiger partial charge in [0.25, 0.3) is 0 Å². The maximum absolute atomic E-state index is 13.1. The Balaban J connectivity index is 2.05. The van der Waals surface area contributed by atoms with Gasteiger partial charge in [-0.3, -0.25) is 0 Å². The van der Waals surface area contributed by atoms with Crippen molar-refractivity contribution in [2.45, 2.75) is 20.4 Å². The zero-order chi connectivity index (χ0) is 15.2. The third-order valence-electron chi connectivity index (χ3n) is 2.94. The molecule has 0 aromatic heterocycles. The Morgan fingerprint density at radius 3 is 2.67 bits per heavy atom. The fraction of sp³-hybridized carbons (Fsp3) is 0.294. The molecule has 2 nitrogen and oxygen atoms in total. The molecule has 0 aliphatic rings. The third kappa shape index (κ3) is 4.74. The number of benzene rings is 2. The minimum Gasteiger partial charge on any atom is -0.491 e. The standard InChI is InChI=1S/C17H19BrFNO/c1-12(2)11-21-17-6-4-3-5-16(17)20-10-13-7-8-14(19)9-15(13)18/h3-9,12,20H,10-11H2,1-2H3. The molecule has 0 bridgehead atoms. The highest BCUT2D eigenvalue weighted by atomic mass is 79.9. The summed E-state index contributed by atoms with van der Waals surface area (Å²) >= 11 is 3.38. The summed E-state index contributed by atoms with van der Waals surface area (Å²) in [6, 6.07) is 12.5. The number of hydrogen-bond donors (Lipinski definition) is 1. The van der Waals surface area contributed by atoms with E-state index in [9.17, 15) is 4.39 Å². The Bertz CT molecular complexity index is 601. The summed E-state index contributed by atoms with van der Waals surface area (Å²) in [6.45, 7) is 5.51. The number of halogens is 2. The monoisotopic (exact) mass is 351 g/mol. The van der Waals surface area contributed by atoms with Gasteiger partial charge >= 0.3 is 0 Å². The number of rotatable bonds is 6. The summed E-state index contributed by atoms with van der Waals surface area (Å²) in [6.07, 6.45) is 0. The molecule has 0 radical (unpaired) electrons. The predicted octanol–water partition coefficient (Wildman–Crippen LogP) is 5.24. The average Bonchev–Trinajstić information content (AvgIpc) is 2.45. The van der Waals surface area contributed by atoms with Crippen LogP contribution in [0.3, 0.4) is 0 Å². The number of hydrogen-bond acceptors (Lipinski definition) is 2. The van der Waals surface area contributed by atoms with Crippen molar-refractivity contribution >= 4 is 21.6 Å².